The molecule has 2 bridgehead atoms. The highest BCUT2D eigenvalue weighted by atomic mass is 16.6. The van der Waals surface area contributed by atoms with Gasteiger partial charge in [-0.2, -0.15) is 0 Å². The number of carbonyl (C=O) groups is 4. The van der Waals surface area contributed by atoms with Gasteiger partial charge >= 0.3 is 6.09 Å². The maximum absolute atomic E-state index is 13.2. The molecule has 6 atom stereocenters. The molecule has 0 radical (unpaired) electrons. The smallest absolute Gasteiger partial charge is 0.405 e. The third-order valence-electron chi connectivity index (χ3n) is 6.84. The lowest BCUT2D eigenvalue weighted by Crippen LogP contribution is -2.37. The summed E-state index contributed by atoms with van der Waals surface area (Å²) in [6, 6.07) is 0. The Morgan fingerprint density at radius 3 is 2.38 bits per heavy atom. The molecule has 39 heavy (non-hydrogen) atoms. The first-order valence-corrected chi connectivity index (χ1v) is 12.6. The highest BCUT2D eigenvalue weighted by Gasteiger charge is 2.32. The van der Waals surface area contributed by atoms with Crippen molar-refractivity contribution < 1.29 is 38.5 Å². The van der Waals surface area contributed by atoms with Gasteiger partial charge in [0.1, 0.15) is 6.10 Å². The Morgan fingerprint density at radius 1 is 1.13 bits per heavy atom. The molecule has 11 heteroatoms. The Hall–Kier alpha value is -3.54. The summed E-state index contributed by atoms with van der Waals surface area (Å²) in [4.78, 5) is 50.1. The van der Waals surface area contributed by atoms with Crippen molar-refractivity contribution in [3.8, 4) is 0 Å². The number of hydrogen-bond acceptors (Lipinski definition) is 9. The van der Waals surface area contributed by atoms with Crippen LogP contribution in [-0.4, -0.2) is 67.3 Å². The summed E-state index contributed by atoms with van der Waals surface area (Å²) in [6.07, 6.45) is 3.55. The van der Waals surface area contributed by atoms with Gasteiger partial charge in [0.15, 0.2) is 6.10 Å². The van der Waals surface area contributed by atoms with Crippen molar-refractivity contribution in [2.45, 2.75) is 65.0 Å². The molecule has 1 unspecified atom stereocenters. The van der Waals surface area contributed by atoms with Crippen molar-refractivity contribution >= 4 is 23.6 Å². The van der Waals surface area contributed by atoms with Crippen molar-refractivity contribution in [1.82, 2.24) is 5.32 Å². The lowest BCUT2D eigenvalue weighted by atomic mass is 9.85. The molecule has 2 aliphatic rings. The minimum atomic E-state index is -1.00. The van der Waals surface area contributed by atoms with Crippen LogP contribution in [0.4, 0.5) is 4.79 Å². The number of allylic oxidation sites excluding steroid dienone is 4. The second-order valence-corrected chi connectivity index (χ2v) is 9.97. The van der Waals surface area contributed by atoms with E-state index in [0.29, 0.717) is 12.0 Å². The SMILES string of the molecule is COC1/C=C\C=C(/C)C(=O)NC2=CC(=O)C(N)=C(C[C@@H](C)C[C@H](OC)[C@H](O)[C@@H](C)/C=C(\C)[C@@H]1OC(N)=O)C2=O. The fraction of sp³-hybridized carbons (Fsp3) is 0.500. The number of nitrogens with two attached hydrogens (primary N) is 2. The number of hydrogen-bond donors (Lipinski definition) is 4. The molecule has 0 saturated heterocycles. The van der Waals surface area contributed by atoms with Crippen LogP contribution in [0.5, 0.6) is 0 Å². The van der Waals surface area contributed by atoms with E-state index in [-0.39, 0.29) is 34.9 Å². The van der Waals surface area contributed by atoms with Crippen LogP contribution in [0.25, 0.3) is 0 Å². The second-order valence-electron chi connectivity index (χ2n) is 9.97. The summed E-state index contributed by atoms with van der Waals surface area (Å²) >= 11 is 0. The van der Waals surface area contributed by atoms with E-state index in [2.05, 4.69) is 5.32 Å². The summed E-state index contributed by atoms with van der Waals surface area (Å²) in [5, 5.41) is 13.6. The predicted octanol–water partition coefficient (Wildman–Crippen LogP) is 1.72. The predicted molar refractivity (Wildman–Crippen MR) is 144 cm³/mol. The highest BCUT2D eigenvalue weighted by molar-refractivity contribution is 6.23. The molecule has 0 aromatic carbocycles. The molecule has 1 heterocycles. The van der Waals surface area contributed by atoms with Gasteiger partial charge in [-0.05, 0) is 38.2 Å². The second kappa shape index (κ2) is 14.0. The fourth-order valence-electron chi connectivity index (χ4n) is 4.61. The van der Waals surface area contributed by atoms with Crippen molar-refractivity contribution in [3.05, 3.63) is 58.5 Å². The number of aliphatic hydroxyl groups excluding tert-OH is 1. The maximum Gasteiger partial charge on any atom is 0.405 e. The Labute approximate surface area is 228 Å². The first-order valence-electron chi connectivity index (χ1n) is 12.6. The van der Waals surface area contributed by atoms with E-state index in [1.807, 2.05) is 6.92 Å². The van der Waals surface area contributed by atoms with Crippen molar-refractivity contribution in [3.63, 3.8) is 0 Å². The first kappa shape index (κ1) is 31.7. The van der Waals surface area contributed by atoms with Crippen LogP contribution in [0.3, 0.4) is 0 Å². The van der Waals surface area contributed by atoms with Crippen molar-refractivity contribution in [2.75, 3.05) is 14.2 Å². The van der Waals surface area contributed by atoms with Crippen LogP contribution >= 0.6 is 0 Å². The summed E-state index contributed by atoms with van der Waals surface area (Å²) < 4.78 is 16.4. The number of fused-ring (bicyclic) bond motifs is 2. The van der Waals surface area contributed by atoms with E-state index in [1.54, 1.807) is 26.0 Å². The average Bonchev–Trinajstić information content (AvgIpc) is 2.88. The molecule has 214 valence electrons. The third-order valence-corrected chi connectivity index (χ3v) is 6.84. The number of ether oxygens (including phenoxy) is 3. The maximum atomic E-state index is 13.2. The zero-order valence-corrected chi connectivity index (χ0v) is 23.2. The number of rotatable bonds is 3. The number of ketones is 2. The molecule has 0 aromatic rings. The molecule has 1 aliphatic heterocycles. The van der Waals surface area contributed by atoms with Crippen LogP contribution in [0, 0.1) is 11.8 Å². The van der Waals surface area contributed by atoms with Crippen LogP contribution < -0.4 is 16.8 Å². The largest absolute Gasteiger partial charge is 0.439 e. The van der Waals surface area contributed by atoms with Gasteiger partial charge in [-0.1, -0.05) is 38.2 Å². The molecule has 0 saturated carbocycles. The summed E-state index contributed by atoms with van der Waals surface area (Å²) in [7, 11) is 2.90. The topological polar surface area (TPSA) is 180 Å². The highest BCUT2D eigenvalue weighted by Crippen LogP contribution is 2.28. The molecule has 11 nitrogen and oxygen atoms in total. The van der Waals surface area contributed by atoms with Crippen molar-refractivity contribution in [1.29, 1.82) is 0 Å². The molecule has 6 N–H and O–H groups in total. The summed E-state index contributed by atoms with van der Waals surface area (Å²) in [5.74, 6) is -2.37. The summed E-state index contributed by atoms with van der Waals surface area (Å²) in [6.45, 7) is 6.89. The lowest BCUT2D eigenvalue weighted by Gasteiger charge is -2.29. The third kappa shape index (κ3) is 8.22. The minimum absolute atomic E-state index is 0.104. The number of amides is 2. The molecule has 0 fully saturated rings. The van der Waals surface area contributed by atoms with Gasteiger partial charge in [0.2, 0.25) is 11.6 Å². The van der Waals surface area contributed by atoms with E-state index in [0.717, 1.165) is 6.08 Å². The van der Waals surface area contributed by atoms with Gasteiger partial charge in [-0.25, -0.2) is 4.79 Å². The normalized spacial score (nSPS) is 33.3. The van der Waals surface area contributed by atoms with E-state index in [1.165, 1.54) is 33.3 Å². The molecular formula is C28H39N3O8. The van der Waals surface area contributed by atoms with E-state index in [9.17, 15) is 24.3 Å². The molecule has 2 rings (SSSR count). The molecular weight excluding hydrogens is 506 g/mol. The molecule has 0 spiro atoms. The van der Waals surface area contributed by atoms with Gasteiger partial charge in [-0.15, -0.1) is 0 Å². The van der Waals surface area contributed by atoms with Gasteiger partial charge < -0.3 is 36.1 Å². The Morgan fingerprint density at radius 2 is 1.79 bits per heavy atom. The standard InChI is InChI=1S/C28H39N3O8/c1-14-10-18-23(29)20(32)13-19(25(18)34)31-27(35)15(2)8-7-9-21(37-5)26(39-28(30)36)17(4)12-16(3)24(33)22(11-14)38-6/h7-9,12-14,16,21-22,24,26,33H,10-11,29H2,1-6H3,(H2,30,36)(H,31,35)/b9-7-,15-8+,17-12+/t14-,16+,21?,22+,24-,26+/m1/s1. The summed E-state index contributed by atoms with van der Waals surface area (Å²) in [5.41, 5.74) is 11.9. The Kier molecular flexibility index (Phi) is 11.4. The first-order chi connectivity index (χ1) is 18.3. The van der Waals surface area contributed by atoms with E-state index < -0.39 is 53.9 Å². The number of methoxy groups -OCH3 is 2. The van der Waals surface area contributed by atoms with Gasteiger partial charge in [0.25, 0.3) is 5.91 Å². The van der Waals surface area contributed by atoms with E-state index in [4.69, 9.17) is 25.7 Å². The molecule has 1 aliphatic carbocycles. The monoisotopic (exact) mass is 545 g/mol. The molecule has 0 aromatic heterocycles. The number of primary amides is 1. The average molecular weight is 546 g/mol. The van der Waals surface area contributed by atoms with Crippen LogP contribution in [0.15, 0.2) is 58.5 Å². The lowest BCUT2D eigenvalue weighted by molar-refractivity contribution is -0.120. The minimum Gasteiger partial charge on any atom is -0.439 e. The van der Waals surface area contributed by atoms with Crippen LogP contribution in [0.1, 0.15) is 40.5 Å². The Bertz CT molecular complexity index is 1130. The van der Waals surface area contributed by atoms with Crippen molar-refractivity contribution in [2.24, 2.45) is 23.3 Å². The number of nitrogens with one attached hydrogen (secondary N) is 1. The molecule has 2 amide bonds. The number of aliphatic hydroxyl groups is 1. The fourth-order valence-corrected chi connectivity index (χ4v) is 4.61. The van der Waals surface area contributed by atoms with Gasteiger partial charge in [0.05, 0.1) is 23.6 Å². The zero-order valence-electron chi connectivity index (χ0n) is 23.2. The van der Waals surface area contributed by atoms with E-state index >= 15 is 0 Å². The van der Waals surface area contributed by atoms with Crippen LogP contribution in [-0.2, 0) is 28.6 Å². The number of carbonyl (C=O) groups excluding carboxylic acids is 4. The zero-order chi connectivity index (χ0) is 29.4. The number of Topliss-reactive ketones (excluding diaryl/α,β-unsaturated/α-hetero) is 1. The van der Waals surface area contributed by atoms with Gasteiger partial charge in [-0.3, -0.25) is 14.4 Å². The quantitative estimate of drug-likeness (QED) is 0.303. The Balaban J connectivity index is 2.58. The van der Waals surface area contributed by atoms with Crippen LogP contribution in [0.2, 0.25) is 0 Å². The van der Waals surface area contributed by atoms with Gasteiger partial charge in [0, 0.05) is 37.4 Å².